The summed E-state index contributed by atoms with van der Waals surface area (Å²) in [6.07, 6.45) is 1.66. The summed E-state index contributed by atoms with van der Waals surface area (Å²) >= 11 is 11.9. The Labute approximate surface area is 156 Å². The molecule has 0 spiro atoms. The van der Waals surface area contributed by atoms with Gasteiger partial charge in [-0.3, -0.25) is 4.79 Å². The topological polar surface area (TPSA) is 45.2 Å². The molecule has 0 aliphatic carbocycles. The van der Waals surface area contributed by atoms with Gasteiger partial charge in [-0.25, -0.2) is 4.98 Å². The minimum atomic E-state index is -0.327. The molecule has 1 aromatic heterocycles. The molecule has 3 rings (SSSR count). The first-order chi connectivity index (χ1) is 12.0. The smallest absolute Gasteiger partial charge is 0.274 e. The zero-order chi connectivity index (χ0) is 17.8. The number of hydrogen-bond donors (Lipinski definition) is 1. The van der Waals surface area contributed by atoms with Crippen LogP contribution in [0.15, 0.2) is 66.9 Å². The fraction of sp³-hybridized carbons (Fsp3) is 0.0526. The predicted molar refractivity (Wildman–Crippen MR) is 103 cm³/mol. The molecule has 6 heteroatoms. The van der Waals surface area contributed by atoms with Crippen LogP contribution in [-0.4, -0.2) is 17.9 Å². The first kappa shape index (κ1) is 17.3. The van der Waals surface area contributed by atoms with Crippen molar-refractivity contribution in [2.45, 2.75) is 0 Å². The number of nitrogens with one attached hydrogen (secondary N) is 1. The lowest BCUT2D eigenvalue weighted by molar-refractivity contribution is 0.102. The molecule has 3 aromatic rings. The number of hydrogen-bond acceptors (Lipinski definition) is 3. The van der Waals surface area contributed by atoms with E-state index in [2.05, 4.69) is 10.3 Å². The normalized spacial score (nSPS) is 10.4. The van der Waals surface area contributed by atoms with Gasteiger partial charge in [-0.2, -0.15) is 0 Å². The van der Waals surface area contributed by atoms with E-state index in [-0.39, 0.29) is 5.91 Å². The van der Waals surface area contributed by atoms with Crippen LogP contribution in [0.3, 0.4) is 0 Å². The number of anilines is 3. The van der Waals surface area contributed by atoms with E-state index in [4.69, 9.17) is 23.2 Å². The molecule has 0 saturated carbocycles. The maximum Gasteiger partial charge on any atom is 0.274 e. The van der Waals surface area contributed by atoms with E-state index in [1.54, 1.807) is 30.5 Å². The van der Waals surface area contributed by atoms with Gasteiger partial charge in [0.15, 0.2) is 0 Å². The third-order valence-corrected chi connectivity index (χ3v) is 4.07. The minimum absolute atomic E-state index is 0.307. The zero-order valence-electron chi connectivity index (χ0n) is 13.4. The quantitative estimate of drug-likeness (QED) is 0.666. The van der Waals surface area contributed by atoms with E-state index in [1.165, 1.54) is 0 Å². The van der Waals surface area contributed by atoms with Crippen molar-refractivity contribution in [2.24, 2.45) is 0 Å². The zero-order valence-corrected chi connectivity index (χ0v) is 14.9. The third-order valence-electron chi connectivity index (χ3n) is 3.63. The van der Waals surface area contributed by atoms with Gasteiger partial charge in [0.05, 0.1) is 11.9 Å². The van der Waals surface area contributed by atoms with Gasteiger partial charge in [-0.15, -0.1) is 0 Å². The second-order valence-electron chi connectivity index (χ2n) is 5.41. The highest BCUT2D eigenvalue weighted by Crippen LogP contribution is 2.24. The van der Waals surface area contributed by atoms with Gasteiger partial charge in [-0.1, -0.05) is 41.4 Å². The molecule has 1 amide bonds. The number of aromatic nitrogens is 1. The lowest BCUT2D eigenvalue weighted by Crippen LogP contribution is -2.15. The first-order valence-electron chi connectivity index (χ1n) is 7.55. The molecule has 25 heavy (non-hydrogen) atoms. The molecule has 1 heterocycles. The van der Waals surface area contributed by atoms with Crippen LogP contribution in [-0.2, 0) is 0 Å². The van der Waals surface area contributed by atoms with Crippen LogP contribution in [0.4, 0.5) is 17.1 Å². The van der Waals surface area contributed by atoms with Crippen molar-refractivity contribution in [3.05, 3.63) is 82.6 Å². The highest BCUT2D eigenvalue weighted by molar-refractivity contribution is 6.35. The minimum Gasteiger partial charge on any atom is -0.343 e. The fourth-order valence-electron chi connectivity index (χ4n) is 2.34. The SMILES string of the molecule is CN(c1ccccc1)c1ccc(C(=O)Nc2cc(Cl)cc(Cl)c2)nc1. The molecule has 4 nitrogen and oxygen atoms in total. The number of rotatable bonds is 4. The highest BCUT2D eigenvalue weighted by Gasteiger charge is 2.10. The molecule has 0 aliphatic rings. The number of carbonyl (C=O) groups is 1. The number of halogens is 2. The summed E-state index contributed by atoms with van der Waals surface area (Å²) in [7, 11) is 1.94. The van der Waals surface area contributed by atoms with Gasteiger partial charge in [-0.05, 0) is 42.5 Å². The fourth-order valence-corrected chi connectivity index (χ4v) is 2.87. The summed E-state index contributed by atoms with van der Waals surface area (Å²) in [6, 6.07) is 18.3. The molecule has 0 atom stereocenters. The van der Waals surface area contributed by atoms with Crippen molar-refractivity contribution < 1.29 is 4.79 Å². The Balaban J connectivity index is 1.74. The summed E-state index contributed by atoms with van der Waals surface area (Å²) < 4.78 is 0. The molecular weight excluding hydrogens is 357 g/mol. The van der Waals surface area contributed by atoms with E-state index >= 15 is 0 Å². The van der Waals surface area contributed by atoms with Gasteiger partial charge < -0.3 is 10.2 Å². The Morgan fingerprint density at radius 2 is 1.64 bits per heavy atom. The van der Waals surface area contributed by atoms with E-state index in [0.29, 0.717) is 21.4 Å². The Morgan fingerprint density at radius 1 is 0.960 bits per heavy atom. The standard InChI is InChI=1S/C19H15Cl2N3O/c1-24(16-5-3-2-4-6-16)17-7-8-18(22-12-17)19(25)23-15-10-13(20)9-14(21)11-15/h2-12H,1H3,(H,23,25). The lowest BCUT2D eigenvalue weighted by atomic mass is 10.2. The third kappa shape index (κ3) is 4.29. The molecule has 0 bridgehead atoms. The van der Waals surface area contributed by atoms with E-state index < -0.39 is 0 Å². The number of benzene rings is 2. The van der Waals surface area contributed by atoms with E-state index in [1.807, 2.05) is 48.3 Å². The Hall–Kier alpha value is -2.56. The Morgan fingerprint density at radius 3 is 2.24 bits per heavy atom. The molecule has 0 unspecified atom stereocenters. The summed E-state index contributed by atoms with van der Waals surface area (Å²) in [5.41, 5.74) is 2.75. The van der Waals surface area contributed by atoms with Crippen LogP contribution < -0.4 is 10.2 Å². The maximum atomic E-state index is 12.3. The molecular formula is C19H15Cl2N3O. The molecule has 0 radical (unpaired) electrons. The second-order valence-corrected chi connectivity index (χ2v) is 6.28. The number of amides is 1. The van der Waals surface area contributed by atoms with E-state index in [0.717, 1.165) is 11.4 Å². The van der Waals surface area contributed by atoms with Crippen LogP contribution in [0.2, 0.25) is 10.0 Å². The Kier molecular flexibility index (Phi) is 5.22. The molecule has 0 fully saturated rings. The number of para-hydroxylation sites is 1. The van der Waals surface area contributed by atoms with Gasteiger partial charge in [0.1, 0.15) is 5.69 Å². The van der Waals surface area contributed by atoms with Gasteiger partial charge in [0, 0.05) is 28.5 Å². The van der Waals surface area contributed by atoms with Gasteiger partial charge in [0.25, 0.3) is 5.91 Å². The predicted octanol–water partition coefficient (Wildman–Crippen LogP) is 5.41. The largest absolute Gasteiger partial charge is 0.343 e. The summed E-state index contributed by atoms with van der Waals surface area (Å²) in [6.45, 7) is 0. The van der Waals surface area contributed by atoms with Gasteiger partial charge in [0.2, 0.25) is 0 Å². The maximum absolute atomic E-state index is 12.3. The van der Waals surface area contributed by atoms with E-state index in [9.17, 15) is 4.79 Å². The average Bonchev–Trinajstić information content (AvgIpc) is 2.61. The molecule has 2 aromatic carbocycles. The monoisotopic (exact) mass is 371 g/mol. The van der Waals surface area contributed by atoms with Crippen LogP contribution in [0.5, 0.6) is 0 Å². The Bertz CT molecular complexity index is 863. The lowest BCUT2D eigenvalue weighted by Gasteiger charge is -2.19. The highest BCUT2D eigenvalue weighted by atomic mass is 35.5. The van der Waals surface area contributed by atoms with Gasteiger partial charge >= 0.3 is 0 Å². The summed E-state index contributed by atoms with van der Waals surface area (Å²) in [5, 5.41) is 3.64. The van der Waals surface area contributed by atoms with Crippen molar-refractivity contribution in [2.75, 3.05) is 17.3 Å². The van der Waals surface area contributed by atoms with Crippen LogP contribution in [0, 0.1) is 0 Å². The van der Waals surface area contributed by atoms with Crippen LogP contribution in [0.25, 0.3) is 0 Å². The number of nitrogens with zero attached hydrogens (tertiary/aromatic N) is 2. The molecule has 126 valence electrons. The van der Waals surface area contributed by atoms with Crippen molar-refractivity contribution in [1.82, 2.24) is 4.98 Å². The summed E-state index contributed by atoms with van der Waals surface area (Å²) in [5.74, 6) is -0.327. The van der Waals surface area contributed by atoms with Crippen molar-refractivity contribution >= 4 is 46.2 Å². The molecule has 1 N–H and O–H groups in total. The molecule has 0 aliphatic heterocycles. The summed E-state index contributed by atoms with van der Waals surface area (Å²) in [4.78, 5) is 18.6. The van der Waals surface area contributed by atoms with Crippen molar-refractivity contribution in [3.63, 3.8) is 0 Å². The second kappa shape index (κ2) is 7.55. The average molecular weight is 372 g/mol. The number of carbonyl (C=O) groups excluding carboxylic acids is 1. The number of pyridine rings is 1. The molecule has 0 saturated heterocycles. The first-order valence-corrected chi connectivity index (χ1v) is 8.31. The van der Waals surface area contributed by atoms with Crippen LogP contribution >= 0.6 is 23.2 Å². The van der Waals surface area contributed by atoms with Crippen LogP contribution in [0.1, 0.15) is 10.5 Å². The van der Waals surface area contributed by atoms with Crippen molar-refractivity contribution in [1.29, 1.82) is 0 Å². The van der Waals surface area contributed by atoms with Crippen molar-refractivity contribution in [3.8, 4) is 0 Å².